The molecule has 0 bridgehead atoms. The lowest BCUT2D eigenvalue weighted by Gasteiger charge is -2.29. The molecule has 1 aromatic carbocycles. The number of ether oxygens (including phenoxy) is 1. The van der Waals surface area contributed by atoms with Gasteiger partial charge in [0.15, 0.2) is 8.32 Å². The summed E-state index contributed by atoms with van der Waals surface area (Å²) in [4.78, 5) is 39.2. The first-order valence-corrected chi connectivity index (χ1v) is 12.2. The van der Waals surface area contributed by atoms with Crippen LogP contribution in [0.3, 0.4) is 0 Å². The average Bonchev–Trinajstić information content (AvgIpc) is 2.74. The molecule has 1 aliphatic rings. The highest BCUT2D eigenvalue weighted by atomic mass is 28.4. The van der Waals surface area contributed by atoms with Gasteiger partial charge >= 0.3 is 5.97 Å². The Bertz CT molecular complexity index is 682. The van der Waals surface area contributed by atoms with Crippen LogP contribution < -0.4 is 0 Å². The molecule has 0 aliphatic carbocycles. The first kappa shape index (κ1) is 20.3. The van der Waals surface area contributed by atoms with E-state index in [0.717, 1.165) is 4.90 Å². The van der Waals surface area contributed by atoms with E-state index in [2.05, 4.69) is 0 Å². The first-order chi connectivity index (χ1) is 11.9. The zero-order chi connectivity index (χ0) is 19.7. The molecule has 0 saturated carbocycles. The Hall–Kier alpha value is -1.99. The molecule has 2 rings (SSSR count). The molecule has 1 aromatic rings. The summed E-state index contributed by atoms with van der Waals surface area (Å²) in [6.45, 7) is 11.7. The highest BCUT2D eigenvalue weighted by Crippen LogP contribution is 2.27. The molecule has 26 heavy (non-hydrogen) atoms. The molecule has 0 fully saturated rings. The quantitative estimate of drug-likeness (QED) is 0.432. The predicted octanol–water partition coefficient (Wildman–Crippen LogP) is 3.23. The Balaban J connectivity index is 2.27. The molecule has 0 radical (unpaired) electrons. The number of carbonyl (C=O) groups excluding carboxylic acids is 3. The third-order valence-corrected chi connectivity index (χ3v) is 4.81. The summed E-state index contributed by atoms with van der Waals surface area (Å²) in [7, 11) is -1.78. The molecule has 0 spiro atoms. The smallest absolute Gasteiger partial charge is 0.329 e. The van der Waals surface area contributed by atoms with Crippen molar-refractivity contribution in [2.75, 3.05) is 6.61 Å². The van der Waals surface area contributed by atoms with Crippen molar-refractivity contribution in [1.82, 2.24) is 4.90 Å². The van der Waals surface area contributed by atoms with Crippen LogP contribution in [-0.4, -0.2) is 49.3 Å². The molecule has 1 atom stereocenters. The summed E-state index contributed by atoms with van der Waals surface area (Å²) in [5.41, 5.74) is -0.0810. The topological polar surface area (TPSA) is 72.9 Å². The van der Waals surface area contributed by atoms with Crippen LogP contribution in [0.15, 0.2) is 24.3 Å². The highest BCUT2D eigenvalue weighted by Gasteiger charge is 2.44. The van der Waals surface area contributed by atoms with E-state index in [0.29, 0.717) is 11.1 Å². The zero-order valence-electron chi connectivity index (χ0n) is 16.3. The Morgan fingerprint density at radius 1 is 1.08 bits per heavy atom. The first-order valence-electron chi connectivity index (χ1n) is 8.74. The minimum atomic E-state index is -1.78. The van der Waals surface area contributed by atoms with Crippen molar-refractivity contribution >= 4 is 26.1 Å². The van der Waals surface area contributed by atoms with Crippen molar-refractivity contribution in [1.29, 1.82) is 0 Å². The van der Waals surface area contributed by atoms with Crippen molar-refractivity contribution in [3.05, 3.63) is 35.4 Å². The minimum Gasteiger partial charge on any atom is -0.458 e. The lowest BCUT2D eigenvalue weighted by Crippen LogP contribution is -2.48. The van der Waals surface area contributed by atoms with Gasteiger partial charge in [-0.1, -0.05) is 12.1 Å². The number of hydrogen-bond donors (Lipinski definition) is 0. The molecular weight excluding hydrogens is 350 g/mol. The van der Waals surface area contributed by atoms with Gasteiger partial charge in [0.25, 0.3) is 11.8 Å². The molecule has 0 N–H and O–H groups in total. The summed E-state index contributed by atoms with van der Waals surface area (Å²) in [6.07, 6.45) is 0.213. The van der Waals surface area contributed by atoms with E-state index in [4.69, 9.17) is 9.16 Å². The highest BCUT2D eigenvalue weighted by molar-refractivity contribution is 6.69. The van der Waals surface area contributed by atoms with E-state index in [-0.39, 0.29) is 13.0 Å². The summed E-state index contributed by atoms with van der Waals surface area (Å²) in [5.74, 6) is -1.52. The van der Waals surface area contributed by atoms with Crippen LogP contribution >= 0.6 is 0 Å². The van der Waals surface area contributed by atoms with Gasteiger partial charge in [-0.3, -0.25) is 14.5 Å². The van der Waals surface area contributed by atoms with E-state index in [9.17, 15) is 14.4 Å². The monoisotopic (exact) mass is 377 g/mol. The summed E-state index contributed by atoms with van der Waals surface area (Å²) >= 11 is 0. The largest absolute Gasteiger partial charge is 0.458 e. The molecule has 142 valence electrons. The SMILES string of the molecule is CC(C)(C)OC(=O)C(CCO[Si](C)(C)C)N1C(=O)c2ccccc2C1=O. The number of carbonyl (C=O) groups is 3. The van der Waals surface area contributed by atoms with Gasteiger partial charge in [0.2, 0.25) is 0 Å². The van der Waals surface area contributed by atoms with E-state index >= 15 is 0 Å². The van der Waals surface area contributed by atoms with Gasteiger partial charge in [-0.05, 0) is 52.5 Å². The summed E-state index contributed by atoms with van der Waals surface area (Å²) in [6, 6.07) is 5.59. The van der Waals surface area contributed by atoms with Gasteiger partial charge < -0.3 is 9.16 Å². The zero-order valence-corrected chi connectivity index (χ0v) is 17.3. The molecule has 1 heterocycles. The second-order valence-corrected chi connectivity index (χ2v) is 12.8. The fourth-order valence-corrected chi connectivity index (χ4v) is 3.42. The van der Waals surface area contributed by atoms with E-state index in [1.54, 1.807) is 45.0 Å². The fraction of sp³-hybridized carbons (Fsp3) is 0.526. The van der Waals surface area contributed by atoms with Gasteiger partial charge in [0.1, 0.15) is 11.6 Å². The Morgan fingerprint density at radius 3 is 2.00 bits per heavy atom. The predicted molar refractivity (Wildman–Crippen MR) is 100 cm³/mol. The third kappa shape index (κ3) is 4.79. The van der Waals surface area contributed by atoms with E-state index in [1.165, 1.54) is 0 Å². The summed E-state index contributed by atoms with van der Waals surface area (Å²) < 4.78 is 11.3. The van der Waals surface area contributed by atoms with Gasteiger partial charge in [0, 0.05) is 13.0 Å². The van der Waals surface area contributed by atoms with Gasteiger partial charge in [-0.25, -0.2) is 4.79 Å². The minimum absolute atomic E-state index is 0.213. The molecule has 6 nitrogen and oxygen atoms in total. The number of esters is 1. The fourth-order valence-electron chi connectivity index (χ4n) is 2.69. The maximum absolute atomic E-state index is 12.7. The van der Waals surface area contributed by atoms with Crippen molar-refractivity contribution in [2.45, 2.75) is 58.5 Å². The molecule has 1 unspecified atom stereocenters. The summed E-state index contributed by atoms with van der Waals surface area (Å²) in [5, 5.41) is 0. The van der Waals surface area contributed by atoms with E-state index in [1.807, 2.05) is 19.6 Å². The lowest BCUT2D eigenvalue weighted by atomic mass is 10.1. The normalized spacial score (nSPS) is 15.8. The van der Waals surface area contributed by atoms with E-state index < -0.39 is 37.7 Å². The molecule has 2 amide bonds. The number of amides is 2. The maximum atomic E-state index is 12.7. The van der Waals surface area contributed by atoms with Crippen LogP contribution in [0.4, 0.5) is 0 Å². The van der Waals surface area contributed by atoms with Crippen LogP contribution in [0.1, 0.15) is 47.9 Å². The van der Waals surface area contributed by atoms with Crippen molar-refractivity contribution in [3.63, 3.8) is 0 Å². The average molecular weight is 378 g/mol. The second-order valence-electron chi connectivity index (χ2n) is 8.32. The molecule has 1 aliphatic heterocycles. The van der Waals surface area contributed by atoms with Crippen LogP contribution in [-0.2, 0) is 14.0 Å². The third-order valence-electron chi connectivity index (χ3n) is 3.74. The Morgan fingerprint density at radius 2 is 1.58 bits per heavy atom. The van der Waals surface area contributed by atoms with Gasteiger partial charge in [0.05, 0.1) is 11.1 Å². The Labute approximate surface area is 155 Å². The van der Waals surface area contributed by atoms with Gasteiger partial charge in [-0.15, -0.1) is 0 Å². The van der Waals surface area contributed by atoms with Crippen LogP contribution in [0.25, 0.3) is 0 Å². The van der Waals surface area contributed by atoms with Crippen molar-refractivity contribution in [2.24, 2.45) is 0 Å². The van der Waals surface area contributed by atoms with Crippen LogP contribution in [0.5, 0.6) is 0 Å². The standard InChI is InChI=1S/C19H27NO5Si/c1-19(2,3)25-18(23)15(11-12-24-26(4,5)6)20-16(21)13-9-7-8-10-14(13)17(20)22/h7-10,15H,11-12H2,1-6H3. The number of nitrogens with zero attached hydrogens (tertiary/aromatic N) is 1. The second kappa shape index (κ2) is 7.32. The van der Waals surface area contributed by atoms with Gasteiger partial charge in [-0.2, -0.15) is 0 Å². The van der Waals surface area contributed by atoms with Crippen molar-refractivity contribution < 1.29 is 23.5 Å². The lowest BCUT2D eigenvalue weighted by molar-refractivity contribution is -0.160. The molecule has 0 saturated heterocycles. The number of hydrogen-bond acceptors (Lipinski definition) is 5. The number of benzene rings is 1. The Kier molecular flexibility index (Phi) is 5.72. The number of fused-ring (bicyclic) bond motifs is 1. The molecular formula is C19H27NO5Si. The van der Waals surface area contributed by atoms with Crippen molar-refractivity contribution in [3.8, 4) is 0 Å². The van der Waals surface area contributed by atoms with Crippen LogP contribution in [0, 0.1) is 0 Å². The molecule has 7 heteroatoms. The molecule has 0 aromatic heterocycles. The maximum Gasteiger partial charge on any atom is 0.329 e. The van der Waals surface area contributed by atoms with Crippen LogP contribution in [0.2, 0.25) is 19.6 Å². The number of imide groups is 1. The number of rotatable bonds is 6.